The van der Waals surface area contributed by atoms with E-state index in [2.05, 4.69) is 0 Å². The lowest BCUT2D eigenvalue weighted by Gasteiger charge is -2.32. The molecule has 1 saturated heterocycles. The van der Waals surface area contributed by atoms with Gasteiger partial charge in [-0.2, -0.15) is 0 Å². The van der Waals surface area contributed by atoms with Crippen molar-refractivity contribution in [3.05, 3.63) is 0 Å². The van der Waals surface area contributed by atoms with E-state index in [9.17, 15) is 4.79 Å². The van der Waals surface area contributed by atoms with Crippen LogP contribution in [-0.2, 0) is 4.79 Å². The van der Waals surface area contributed by atoms with Crippen molar-refractivity contribution in [2.24, 2.45) is 0 Å². The second-order valence-corrected chi connectivity index (χ2v) is 2.89. The standard InChI is InChI=1S/C7H13NO3/c1-5(9)8-3-2-6(10)7(11)4-8/h6-7,10-11H,2-4H2,1H3/t6-,7-/m0/s1. The van der Waals surface area contributed by atoms with Crippen LogP contribution in [0.2, 0.25) is 0 Å². The molecule has 64 valence electrons. The number of β-amino-alcohol motifs (C(OH)–C–C–N with tert-alkyl or cyclic N) is 1. The van der Waals surface area contributed by atoms with E-state index in [-0.39, 0.29) is 12.5 Å². The Bertz CT molecular complexity index is 160. The molecule has 1 fully saturated rings. The molecule has 0 spiro atoms. The van der Waals surface area contributed by atoms with Gasteiger partial charge in [-0.05, 0) is 6.42 Å². The highest BCUT2D eigenvalue weighted by Gasteiger charge is 2.26. The number of carbonyl (C=O) groups is 1. The average molecular weight is 159 g/mol. The summed E-state index contributed by atoms with van der Waals surface area (Å²) in [5.74, 6) is -0.0454. The number of amides is 1. The summed E-state index contributed by atoms with van der Waals surface area (Å²) in [6.45, 7) is 2.27. The Balaban J connectivity index is 2.46. The first-order chi connectivity index (χ1) is 5.11. The normalized spacial score (nSPS) is 32.1. The summed E-state index contributed by atoms with van der Waals surface area (Å²) >= 11 is 0. The topological polar surface area (TPSA) is 60.8 Å². The molecule has 4 nitrogen and oxygen atoms in total. The first kappa shape index (κ1) is 8.49. The van der Waals surface area contributed by atoms with Gasteiger partial charge in [-0.15, -0.1) is 0 Å². The summed E-state index contributed by atoms with van der Waals surface area (Å²) in [7, 11) is 0. The minimum Gasteiger partial charge on any atom is -0.390 e. The van der Waals surface area contributed by atoms with E-state index in [1.807, 2.05) is 0 Å². The molecule has 1 aliphatic rings. The lowest BCUT2D eigenvalue weighted by atomic mass is 10.1. The van der Waals surface area contributed by atoms with Gasteiger partial charge in [0.1, 0.15) is 0 Å². The Morgan fingerprint density at radius 3 is 2.55 bits per heavy atom. The van der Waals surface area contributed by atoms with E-state index >= 15 is 0 Å². The first-order valence-electron chi connectivity index (χ1n) is 3.73. The quantitative estimate of drug-likeness (QED) is 0.474. The third-order valence-corrected chi connectivity index (χ3v) is 1.99. The van der Waals surface area contributed by atoms with Gasteiger partial charge in [0.05, 0.1) is 12.2 Å². The van der Waals surface area contributed by atoms with Crippen LogP contribution in [0.5, 0.6) is 0 Å². The number of likely N-dealkylation sites (tertiary alicyclic amines) is 1. The van der Waals surface area contributed by atoms with Crippen LogP contribution < -0.4 is 0 Å². The van der Waals surface area contributed by atoms with Crippen molar-refractivity contribution in [1.82, 2.24) is 4.90 Å². The molecular weight excluding hydrogens is 146 g/mol. The fourth-order valence-corrected chi connectivity index (χ4v) is 1.21. The van der Waals surface area contributed by atoms with Crippen LogP contribution >= 0.6 is 0 Å². The van der Waals surface area contributed by atoms with Crippen LogP contribution in [0.3, 0.4) is 0 Å². The highest BCUT2D eigenvalue weighted by molar-refractivity contribution is 5.73. The number of nitrogens with zero attached hydrogens (tertiary/aromatic N) is 1. The molecule has 0 aromatic rings. The van der Waals surface area contributed by atoms with Crippen molar-refractivity contribution in [2.75, 3.05) is 13.1 Å². The molecule has 0 aliphatic carbocycles. The molecule has 0 radical (unpaired) electrons. The second kappa shape index (κ2) is 3.19. The Morgan fingerprint density at radius 2 is 2.09 bits per heavy atom. The summed E-state index contributed by atoms with van der Waals surface area (Å²) in [5, 5.41) is 18.2. The maximum absolute atomic E-state index is 10.8. The van der Waals surface area contributed by atoms with Gasteiger partial charge in [0.15, 0.2) is 0 Å². The highest BCUT2D eigenvalue weighted by Crippen LogP contribution is 2.10. The predicted molar refractivity (Wildman–Crippen MR) is 38.9 cm³/mol. The van der Waals surface area contributed by atoms with Gasteiger partial charge in [-0.25, -0.2) is 0 Å². The van der Waals surface area contributed by atoms with E-state index in [4.69, 9.17) is 10.2 Å². The second-order valence-electron chi connectivity index (χ2n) is 2.89. The molecule has 2 atom stereocenters. The number of rotatable bonds is 0. The number of aliphatic hydroxyl groups is 2. The van der Waals surface area contributed by atoms with Gasteiger partial charge in [0, 0.05) is 20.0 Å². The first-order valence-corrected chi connectivity index (χ1v) is 3.73. The Kier molecular flexibility index (Phi) is 2.46. The minimum absolute atomic E-state index is 0.0454. The fraction of sp³-hybridized carbons (Fsp3) is 0.857. The van der Waals surface area contributed by atoms with Gasteiger partial charge in [0.2, 0.25) is 5.91 Å². The third-order valence-electron chi connectivity index (χ3n) is 1.99. The molecule has 0 aromatic heterocycles. The summed E-state index contributed by atoms with van der Waals surface area (Å²) in [6, 6.07) is 0. The smallest absolute Gasteiger partial charge is 0.219 e. The number of hydrogen-bond donors (Lipinski definition) is 2. The van der Waals surface area contributed by atoms with Crippen molar-refractivity contribution in [3.63, 3.8) is 0 Å². The van der Waals surface area contributed by atoms with E-state index in [1.165, 1.54) is 11.8 Å². The van der Waals surface area contributed by atoms with Gasteiger partial charge >= 0.3 is 0 Å². The molecule has 1 amide bonds. The molecule has 11 heavy (non-hydrogen) atoms. The van der Waals surface area contributed by atoms with Crippen LogP contribution in [0.15, 0.2) is 0 Å². The van der Waals surface area contributed by atoms with Crippen molar-refractivity contribution < 1.29 is 15.0 Å². The van der Waals surface area contributed by atoms with Crippen molar-refractivity contribution in [3.8, 4) is 0 Å². The third kappa shape index (κ3) is 1.91. The van der Waals surface area contributed by atoms with Gasteiger partial charge in [-0.1, -0.05) is 0 Å². The molecule has 0 saturated carbocycles. The lowest BCUT2D eigenvalue weighted by Crippen LogP contribution is -2.48. The lowest BCUT2D eigenvalue weighted by molar-refractivity contribution is -0.135. The Hall–Kier alpha value is -0.610. The molecule has 0 bridgehead atoms. The van der Waals surface area contributed by atoms with Crippen molar-refractivity contribution >= 4 is 5.91 Å². The molecule has 1 heterocycles. The number of hydrogen-bond acceptors (Lipinski definition) is 3. The van der Waals surface area contributed by atoms with Gasteiger partial charge in [-0.3, -0.25) is 4.79 Å². The zero-order chi connectivity index (χ0) is 8.43. The molecule has 4 heteroatoms. The zero-order valence-electron chi connectivity index (χ0n) is 6.53. The number of piperidine rings is 1. The Labute approximate surface area is 65.4 Å². The number of aliphatic hydroxyl groups excluding tert-OH is 2. The predicted octanol–water partition coefficient (Wildman–Crippen LogP) is -1.04. The maximum atomic E-state index is 10.8. The minimum atomic E-state index is -0.771. The van der Waals surface area contributed by atoms with Crippen LogP contribution in [0.25, 0.3) is 0 Å². The van der Waals surface area contributed by atoms with E-state index in [0.717, 1.165) is 0 Å². The highest BCUT2D eigenvalue weighted by atomic mass is 16.3. The van der Waals surface area contributed by atoms with E-state index < -0.39 is 12.2 Å². The zero-order valence-corrected chi connectivity index (χ0v) is 6.53. The molecule has 1 aliphatic heterocycles. The molecule has 0 unspecified atom stereocenters. The summed E-state index contributed by atoms with van der Waals surface area (Å²) in [5.41, 5.74) is 0. The average Bonchev–Trinajstić information content (AvgIpc) is 1.94. The van der Waals surface area contributed by atoms with Crippen LogP contribution in [0, 0.1) is 0 Å². The Morgan fingerprint density at radius 1 is 1.45 bits per heavy atom. The van der Waals surface area contributed by atoms with E-state index in [0.29, 0.717) is 13.0 Å². The van der Waals surface area contributed by atoms with Crippen LogP contribution in [-0.4, -0.2) is 46.3 Å². The van der Waals surface area contributed by atoms with Crippen LogP contribution in [0.4, 0.5) is 0 Å². The van der Waals surface area contributed by atoms with Gasteiger partial charge in [0.25, 0.3) is 0 Å². The summed E-state index contributed by atoms with van der Waals surface area (Å²) in [6.07, 6.45) is -0.959. The number of carbonyl (C=O) groups excluding carboxylic acids is 1. The molecule has 0 aromatic carbocycles. The van der Waals surface area contributed by atoms with Crippen molar-refractivity contribution in [1.29, 1.82) is 0 Å². The van der Waals surface area contributed by atoms with Crippen LogP contribution in [0.1, 0.15) is 13.3 Å². The molecule has 2 N–H and O–H groups in total. The van der Waals surface area contributed by atoms with Gasteiger partial charge < -0.3 is 15.1 Å². The molecule has 1 rings (SSSR count). The largest absolute Gasteiger partial charge is 0.390 e. The SMILES string of the molecule is CC(=O)N1CC[C@H](O)[C@@H](O)C1. The summed E-state index contributed by atoms with van der Waals surface area (Å²) in [4.78, 5) is 12.3. The molecular formula is C7H13NO3. The summed E-state index contributed by atoms with van der Waals surface area (Å²) < 4.78 is 0. The fourth-order valence-electron chi connectivity index (χ4n) is 1.21. The van der Waals surface area contributed by atoms with Crippen molar-refractivity contribution in [2.45, 2.75) is 25.6 Å². The maximum Gasteiger partial charge on any atom is 0.219 e. The van der Waals surface area contributed by atoms with E-state index in [1.54, 1.807) is 0 Å². The monoisotopic (exact) mass is 159 g/mol.